The van der Waals surface area contributed by atoms with Crippen LogP contribution < -0.4 is 10.6 Å². The molecule has 1 aromatic heterocycles. The summed E-state index contributed by atoms with van der Waals surface area (Å²) in [6, 6.07) is 0.0492. The fourth-order valence-electron chi connectivity index (χ4n) is 2.03. The molecule has 0 saturated carbocycles. The average molecular weight is 387 g/mol. The molecule has 0 aliphatic carbocycles. The molecule has 0 radical (unpaired) electrons. The number of nitrogens with zero attached hydrogens (tertiary/aromatic N) is 2. The van der Waals surface area contributed by atoms with E-state index in [0.717, 1.165) is 16.7 Å². The highest BCUT2D eigenvalue weighted by atomic mass is 79.9. The van der Waals surface area contributed by atoms with Gasteiger partial charge in [-0.25, -0.2) is 14.8 Å². The summed E-state index contributed by atoms with van der Waals surface area (Å²) < 4.78 is 6.07. The van der Waals surface area contributed by atoms with Crippen LogP contribution in [0, 0.1) is 12.8 Å². The van der Waals surface area contributed by atoms with Crippen molar-refractivity contribution in [2.75, 3.05) is 11.9 Å². The van der Waals surface area contributed by atoms with Crippen molar-refractivity contribution in [1.29, 1.82) is 0 Å². The van der Waals surface area contributed by atoms with E-state index in [2.05, 4.69) is 50.4 Å². The Bertz CT molecular complexity index is 529. The van der Waals surface area contributed by atoms with Gasteiger partial charge < -0.3 is 15.4 Å². The SMILES string of the molecule is Cc1ncc(Br)c(N[C@H](CNC(=O)OC(C)(C)C)CC(C)C)n1. The van der Waals surface area contributed by atoms with E-state index in [1.807, 2.05) is 27.7 Å². The number of carbonyl (C=O) groups is 1. The molecule has 1 amide bonds. The normalized spacial score (nSPS) is 12.9. The van der Waals surface area contributed by atoms with Crippen LogP contribution >= 0.6 is 15.9 Å². The zero-order valence-corrected chi connectivity index (χ0v) is 16.3. The Hall–Kier alpha value is -1.37. The largest absolute Gasteiger partial charge is 0.444 e. The van der Waals surface area contributed by atoms with E-state index in [9.17, 15) is 4.79 Å². The molecule has 0 fully saturated rings. The fraction of sp³-hybridized carbons (Fsp3) is 0.688. The summed E-state index contributed by atoms with van der Waals surface area (Å²) in [4.78, 5) is 20.4. The van der Waals surface area contributed by atoms with Crippen molar-refractivity contribution in [1.82, 2.24) is 15.3 Å². The van der Waals surface area contributed by atoms with Crippen molar-refractivity contribution < 1.29 is 9.53 Å². The van der Waals surface area contributed by atoms with Gasteiger partial charge in [-0.05, 0) is 56.0 Å². The zero-order chi connectivity index (χ0) is 17.6. The molecule has 0 bridgehead atoms. The Morgan fingerprint density at radius 3 is 2.61 bits per heavy atom. The second-order valence-electron chi connectivity index (χ2n) is 6.97. The van der Waals surface area contributed by atoms with E-state index in [1.54, 1.807) is 6.20 Å². The number of halogens is 1. The number of nitrogens with one attached hydrogen (secondary N) is 2. The van der Waals surface area contributed by atoms with Crippen LogP contribution in [0.2, 0.25) is 0 Å². The summed E-state index contributed by atoms with van der Waals surface area (Å²) in [6.07, 6.45) is 2.20. The van der Waals surface area contributed by atoms with Gasteiger partial charge in [0.2, 0.25) is 0 Å². The highest BCUT2D eigenvalue weighted by molar-refractivity contribution is 9.10. The van der Waals surface area contributed by atoms with Gasteiger partial charge in [-0.3, -0.25) is 0 Å². The number of hydrogen-bond donors (Lipinski definition) is 2. The van der Waals surface area contributed by atoms with Crippen LogP contribution in [0.3, 0.4) is 0 Å². The molecule has 0 saturated heterocycles. The molecule has 130 valence electrons. The van der Waals surface area contributed by atoms with Crippen LogP contribution in [0.5, 0.6) is 0 Å². The highest BCUT2D eigenvalue weighted by Gasteiger charge is 2.19. The van der Waals surface area contributed by atoms with Crippen molar-refractivity contribution in [3.8, 4) is 0 Å². The Labute approximate surface area is 146 Å². The lowest BCUT2D eigenvalue weighted by Gasteiger charge is -2.24. The van der Waals surface area contributed by atoms with E-state index in [1.165, 1.54) is 0 Å². The maximum Gasteiger partial charge on any atom is 0.407 e. The maximum atomic E-state index is 11.8. The minimum absolute atomic E-state index is 0.0492. The van der Waals surface area contributed by atoms with Gasteiger partial charge in [0.1, 0.15) is 17.2 Å². The second-order valence-corrected chi connectivity index (χ2v) is 7.82. The van der Waals surface area contributed by atoms with Gasteiger partial charge in [-0.2, -0.15) is 0 Å². The molecule has 6 nitrogen and oxygen atoms in total. The first-order chi connectivity index (χ1) is 10.6. The van der Waals surface area contributed by atoms with Crippen molar-refractivity contribution in [2.24, 2.45) is 5.92 Å². The lowest BCUT2D eigenvalue weighted by Crippen LogP contribution is -2.40. The van der Waals surface area contributed by atoms with Gasteiger partial charge in [-0.1, -0.05) is 13.8 Å². The van der Waals surface area contributed by atoms with Gasteiger partial charge >= 0.3 is 6.09 Å². The highest BCUT2D eigenvalue weighted by Crippen LogP contribution is 2.20. The summed E-state index contributed by atoms with van der Waals surface area (Å²) in [5.74, 6) is 1.91. The van der Waals surface area contributed by atoms with Gasteiger partial charge in [-0.15, -0.1) is 0 Å². The third-order valence-electron chi connectivity index (χ3n) is 2.85. The molecule has 23 heavy (non-hydrogen) atoms. The molecular weight excluding hydrogens is 360 g/mol. The van der Waals surface area contributed by atoms with Crippen molar-refractivity contribution >= 4 is 27.8 Å². The molecule has 1 rings (SSSR count). The van der Waals surface area contributed by atoms with Crippen LogP contribution in [0.15, 0.2) is 10.7 Å². The monoisotopic (exact) mass is 386 g/mol. The van der Waals surface area contributed by atoms with Gasteiger partial charge in [0, 0.05) is 18.8 Å². The van der Waals surface area contributed by atoms with Crippen LogP contribution in [-0.2, 0) is 4.74 Å². The third-order valence-corrected chi connectivity index (χ3v) is 3.43. The number of aryl methyl sites for hydroxylation is 1. The van der Waals surface area contributed by atoms with Crippen molar-refractivity contribution in [3.63, 3.8) is 0 Å². The Kier molecular flexibility index (Phi) is 7.25. The first-order valence-electron chi connectivity index (χ1n) is 7.79. The molecule has 1 heterocycles. The predicted octanol–water partition coefficient (Wildman–Crippen LogP) is 3.90. The summed E-state index contributed by atoms with van der Waals surface area (Å²) in [5, 5.41) is 6.19. The second kappa shape index (κ2) is 8.47. The summed E-state index contributed by atoms with van der Waals surface area (Å²) in [6.45, 7) is 12.1. The van der Waals surface area contributed by atoms with Crippen LogP contribution in [0.25, 0.3) is 0 Å². The number of aromatic nitrogens is 2. The minimum Gasteiger partial charge on any atom is -0.444 e. The molecular formula is C16H27BrN4O2. The van der Waals surface area contributed by atoms with Gasteiger partial charge in [0.25, 0.3) is 0 Å². The van der Waals surface area contributed by atoms with E-state index < -0.39 is 11.7 Å². The number of hydrogen-bond acceptors (Lipinski definition) is 5. The van der Waals surface area contributed by atoms with E-state index in [-0.39, 0.29) is 6.04 Å². The Morgan fingerprint density at radius 2 is 2.04 bits per heavy atom. The first-order valence-corrected chi connectivity index (χ1v) is 8.58. The molecule has 0 aliphatic rings. The number of rotatable bonds is 6. The predicted molar refractivity (Wildman–Crippen MR) is 95.6 cm³/mol. The standard InChI is InChI=1S/C16H27BrN4O2/c1-10(2)7-12(8-19-15(22)23-16(4,5)6)21-14-13(17)9-18-11(3)20-14/h9-10,12H,7-8H2,1-6H3,(H,19,22)(H,18,20,21)/t12-/m0/s1. The number of alkyl carbamates (subject to hydrolysis) is 1. The number of anilines is 1. The summed E-state index contributed by atoms with van der Waals surface area (Å²) in [5.41, 5.74) is -0.502. The van der Waals surface area contributed by atoms with Crippen LogP contribution in [0.4, 0.5) is 10.6 Å². The van der Waals surface area contributed by atoms with Crippen molar-refractivity contribution in [2.45, 2.75) is 59.6 Å². The summed E-state index contributed by atoms with van der Waals surface area (Å²) in [7, 11) is 0. The molecule has 1 atom stereocenters. The van der Waals surface area contributed by atoms with Gasteiger partial charge in [0.15, 0.2) is 0 Å². The Morgan fingerprint density at radius 1 is 1.39 bits per heavy atom. The van der Waals surface area contributed by atoms with Crippen LogP contribution in [0.1, 0.15) is 46.9 Å². The fourth-order valence-corrected chi connectivity index (χ4v) is 2.34. The number of amides is 1. The van der Waals surface area contributed by atoms with E-state index in [0.29, 0.717) is 18.3 Å². The number of ether oxygens (including phenoxy) is 1. The topological polar surface area (TPSA) is 76.1 Å². The zero-order valence-electron chi connectivity index (χ0n) is 14.7. The smallest absolute Gasteiger partial charge is 0.407 e. The summed E-state index contributed by atoms with van der Waals surface area (Å²) >= 11 is 3.45. The van der Waals surface area contributed by atoms with Crippen molar-refractivity contribution in [3.05, 3.63) is 16.5 Å². The number of carbonyl (C=O) groups excluding carboxylic acids is 1. The maximum absolute atomic E-state index is 11.8. The molecule has 0 aromatic carbocycles. The molecule has 2 N–H and O–H groups in total. The molecule has 0 unspecified atom stereocenters. The quantitative estimate of drug-likeness (QED) is 0.774. The third kappa shape index (κ3) is 8.16. The molecule has 0 spiro atoms. The first kappa shape index (κ1) is 19.7. The van der Waals surface area contributed by atoms with Crippen LogP contribution in [-0.4, -0.2) is 34.2 Å². The lowest BCUT2D eigenvalue weighted by molar-refractivity contribution is 0.0524. The Balaban J connectivity index is 2.69. The average Bonchev–Trinajstić information content (AvgIpc) is 2.37. The molecule has 7 heteroatoms. The van der Waals surface area contributed by atoms with E-state index in [4.69, 9.17) is 4.74 Å². The van der Waals surface area contributed by atoms with Gasteiger partial charge in [0.05, 0.1) is 4.47 Å². The lowest BCUT2D eigenvalue weighted by atomic mass is 10.0. The molecule has 1 aromatic rings. The molecule has 0 aliphatic heterocycles. The van der Waals surface area contributed by atoms with E-state index >= 15 is 0 Å². The minimum atomic E-state index is -0.502.